The minimum absolute atomic E-state index is 0.539. The number of para-hydroxylation sites is 2. The van der Waals surface area contributed by atoms with E-state index in [1.807, 2.05) is 38.1 Å². The number of hydrogen-bond donors (Lipinski definition) is 0. The van der Waals surface area contributed by atoms with Crippen LogP contribution in [0.25, 0.3) is 127 Å². The molecule has 0 aliphatic rings. The van der Waals surface area contributed by atoms with Gasteiger partial charge in [-0.2, -0.15) is 9.97 Å². The van der Waals surface area contributed by atoms with Crippen molar-refractivity contribution < 1.29 is 4.42 Å². The first-order chi connectivity index (χ1) is 32.8. The SMILES string of the molecule is C=C.CC.c1ccc(-c2ccc(-c3nc(-c4ccccc4)nc(-n4c5c(-c6cccc7c6oc6ccc8ccccc8c67)cccc5c5c6ccccc6c6ccccc6c54)n3)cc2)cc1. The second-order valence-corrected chi connectivity index (χ2v) is 15.9. The van der Waals surface area contributed by atoms with E-state index >= 15 is 0 Å². The highest BCUT2D eigenvalue weighted by molar-refractivity contribution is 6.33. The van der Waals surface area contributed by atoms with Crippen LogP contribution in [0.1, 0.15) is 13.8 Å². The van der Waals surface area contributed by atoms with Crippen LogP contribution in [0.2, 0.25) is 0 Å². The summed E-state index contributed by atoms with van der Waals surface area (Å²) < 4.78 is 9.19. The molecule has 5 heteroatoms. The summed E-state index contributed by atoms with van der Waals surface area (Å²) in [5.74, 6) is 1.73. The quantitative estimate of drug-likeness (QED) is 0.128. The smallest absolute Gasteiger partial charge is 0.238 e. The van der Waals surface area contributed by atoms with E-state index in [9.17, 15) is 0 Å². The van der Waals surface area contributed by atoms with Crippen molar-refractivity contribution in [1.82, 2.24) is 19.5 Å². The molecule has 66 heavy (non-hydrogen) atoms. The third-order valence-corrected chi connectivity index (χ3v) is 12.4. The number of fused-ring (bicyclic) bond motifs is 13. The first-order valence-electron chi connectivity index (χ1n) is 22.4. The maximum atomic E-state index is 6.90. The van der Waals surface area contributed by atoms with Crippen LogP contribution < -0.4 is 0 Å². The van der Waals surface area contributed by atoms with E-state index in [2.05, 4.69) is 200 Å². The fourth-order valence-electron chi connectivity index (χ4n) is 9.68. The number of benzene rings is 10. The van der Waals surface area contributed by atoms with Crippen molar-refractivity contribution >= 4 is 76.1 Å². The molecule has 0 bridgehead atoms. The molecule has 0 amide bonds. The summed E-state index contributed by atoms with van der Waals surface area (Å²) in [5, 5.41) is 11.5. The lowest BCUT2D eigenvalue weighted by molar-refractivity contribution is 0.670. The van der Waals surface area contributed by atoms with E-state index in [-0.39, 0.29) is 0 Å². The Morgan fingerprint density at radius 3 is 1.56 bits per heavy atom. The van der Waals surface area contributed by atoms with Gasteiger partial charge in [0.15, 0.2) is 11.6 Å². The molecule has 3 aromatic heterocycles. The molecule has 0 radical (unpaired) electrons. The number of hydrogen-bond acceptors (Lipinski definition) is 4. The predicted octanol–water partition coefficient (Wildman–Crippen LogP) is 16.8. The zero-order valence-corrected chi connectivity index (χ0v) is 36.7. The molecule has 0 spiro atoms. The summed E-state index contributed by atoms with van der Waals surface area (Å²) >= 11 is 0. The molecule has 314 valence electrons. The van der Waals surface area contributed by atoms with Crippen LogP contribution in [0.3, 0.4) is 0 Å². The molecule has 5 nitrogen and oxygen atoms in total. The van der Waals surface area contributed by atoms with Crippen LogP contribution in [0.5, 0.6) is 0 Å². The molecule has 0 unspecified atom stereocenters. The Kier molecular flexibility index (Phi) is 10.2. The maximum absolute atomic E-state index is 6.90. The van der Waals surface area contributed by atoms with Gasteiger partial charge in [-0.25, -0.2) is 4.98 Å². The van der Waals surface area contributed by atoms with Crippen LogP contribution in [0.4, 0.5) is 0 Å². The molecular weight excluding hydrogens is 805 g/mol. The van der Waals surface area contributed by atoms with Crippen molar-refractivity contribution in [2.24, 2.45) is 0 Å². The zero-order valence-electron chi connectivity index (χ0n) is 36.7. The van der Waals surface area contributed by atoms with Crippen molar-refractivity contribution in [3.8, 4) is 51.0 Å². The Morgan fingerprint density at radius 1 is 0.364 bits per heavy atom. The minimum Gasteiger partial charge on any atom is -0.455 e. The molecular formula is C61H44N4O. The molecule has 13 rings (SSSR count). The van der Waals surface area contributed by atoms with E-state index in [4.69, 9.17) is 19.4 Å². The van der Waals surface area contributed by atoms with Crippen molar-refractivity contribution in [3.63, 3.8) is 0 Å². The van der Waals surface area contributed by atoms with Gasteiger partial charge < -0.3 is 4.42 Å². The summed E-state index contributed by atoms with van der Waals surface area (Å²) in [5.41, 5.74) is 9.88. The van der Waals surface area contributed by atoms with Gasteiger partial charge in [-0.3, -0.25) is 4.57 Å². The van der Waals surface area contributed by atoms with Gasteiger partial charge in [-0.05, 0) is 44.1 Å². The second-order valence-electron chi connectivity index (χ2n) is 15.9. The topological polar surface area (TPSA) is 56.7 Å². The van der Waals surface area contributed by atoms with Gasteiger partial charge in [0.05, 0.1) is 11.0 Å². The average Bonchev–Trinajstić information content (AvgIpc) is 3.98. The van der Waals surface area contributed by atoms with Gasteiger partial charge in [0.2, 0.25) is 5.95 Å². The lowest BCUT2D eigenvalue weighted by Crippen LogP contribution is -2.07. The van der Waals surface area contributed by atoms with Crippen LogP contribution in [0, 0.1) is 0 Å². The van der Waals surface area contributed by atoms with E-state index in [1.54, 1.807) is 0 Å². The Balaban J connectivity index is 0.00000117. The monoisotopic (exact) mass is 848 g/mol. The Hall–Kier alpha value is -8.67. The number of nitrogens with zero attached hydrogens (tertiary/aromatic N) is 4. The van der Waals surface area contributed by atoms with Crippen molar-refractivity contribution in [2.75, 3.05) is 0 Å². The summed E-state index contributed by atoms with van der Waals surface area (Å²) in [6.07, 6.45) is 0. The molecule has 0 fully saturated rings. The third-order valence-electron chi connectivity index (χ3n) is 12.4. The lowest BCUT2D eigenvalue weighted by Gasteiger charge is -2.14. The Morgan fingerprint density at radius 2 is 0.864 bits per heavy atom. The van der Waals surface area contributed by atoms with Gasteiger partial charge in [0, 0.05) is 49.2 Å². The second kappa shape index (κ2) is 16.8. The molecule has 0 aliphatic carbocycles. The van der Waals surface area contributed by atoms with Gasteiger partial charge in [0.25, 0.3) is 0 Å². The van der Waals surface area contributed by atoms with Crippen LogP contribution in [-0.2, 0) is 0 Å². The van der Waals surface area contributed by atoms with Crippen molar-refractivity contribution in [3.05, 3.63) is 219 Å². The molecule has 3 heterocycles. The average molecular weight is 849 g/mol. The predicted molar refractivity (Wildman–Crippen MR) is 278 cm³/mol. The highest BCUT2D eigenvalue weighted by Gasteiger charge is 2.25. The largest absolute Gasteiger partial charge is 0.455 e. The van der Waals surface area contributed by atoms with Gasteiger partial charge in [-0.1, -0.05) is 214 Å². The minimum atomic E-state index is 0.539. The summed E-state index contributed by atoms with van der Waals surface area (Å²) in [6, 6.07) is 72.5. The maximum Gasteiger partial charge on any atom is 0.238 e. The molecule has 0 aliphatic heterocycles. The summed E-state index contributed by atoms with van der Waals surface area (Å²) in [7, 11) is 0. The lowest BCUT2D eigenvalue weighted by atomic mass is 9.95. The zero-order chi connectivity index (χ0) is 44.7. The van der Waals surface area contributed by atoms with E-state index in [0.717, 1.165) is 82.5 Å². The fourth-order valence-corrected chi connectivity index (χ4v) is 9.68. The number of furan rings is 1. The summed E-state index contributed by atoms with van der Waals surface area (Å²) in [4.78, 5) is 16.0. The van der Waals surface area contributed by atoms with E-state index in [1.165, 1.54) is 26.9 Å². The van der Waals surface area contributed by atoms with E-state index < -0.39 is 0 Å². The van der Waals surface area contributed by atoms with E-state index in [0.29, 0.717) is 17.6 Å². The molecule has 10 aromatic carbocycles. The summed E-state index contributed by atoms with van der Waals surface area (Å²) in [6.45, 7) is 10.0. The first kappa shape index (κ1) is 40.1. The van der Waals surface area contributed by atoms with Crippen molar-refractivity contribution in [1.29, 1.82) is 0 Å². The molecule has 0 saturated heterocycles. The third kappa shape index (κ3) is 6.43. The van der Waals surface area contributed by atoms with Gasteiger partial charge >= 0.3 is 0 Å². The highest BCUT2D eigenvalue weighted by Crippen LogP contribution is 2.47. The number of aromatic nitrogens is 4. The Bertz CT molecular complexity index is 3930. The van der Waals surface area contributed by atoms with Gasteiger partial charge in [0.1, 0.15) is 11.2 Å². The van der Waals surface area contributed by atoms with Crippen LogP contribution >= 0.6 is 0 Å². The van der Waals surface area contributed by atoms with Crippen LogP contribution in [0.15, 0.2) is 224 Å². The molecule has 0 atom stereocenters. The molecule has 0 N–H and O–H groups in total. The Labute approximate surface area is 382 Å². The molecule has 13 aromatic rings. The first-order valence-corrected chi connectivity index (χ1v) is 22.4. The normalized spacial score (nSPS) is 11.3. The molecule has 0 saturated carbocycles. The van der Waals surface area contributed by atoms with Crippen molar-refractivity contribution in [2.45, 2.75) is 13.8 Å². The fraction of sp³-hybridized carbons (Fsp3) is 0.0328. The standard InChI is InChI=1S/C57H34N4O.C2H6.C2H4/c1-3-15-35(16-4-1)36-29-31-39(32-30-36)56-58-55(38-18-5-2-6-19-38)59-57(60-56)61-52-45(46-26-14-28-48-50-40-20-8-7-17-37(40)33-34-49(50)62-54(46)48)25-13-27-47(52)51-43-23-11-9-21-41(43)42-22-10-12-24-44(42)53(51)61;2*1-2/h1-34H;1-2H3;1-2H2. The highest BCUT2D eigenvalue weighted by atomic mass is 16.3. The number of rotatable bonds is 5. The van der Waals surface area contributed by atoms with Gasteiger partial charge in [-0.15, -0.1) is 13.2 Å². The van der Waals surface area contributed by atoms with Crippen LogP contribution in [-0.4, -0.2) is 19.5 Å².